The minimum Gasteiger partial charge on any atom is -0.375 e. The predicted octanol–water partition coefficient (Wildman–Crippen LogP) is 16.1. The Labute approximate surface area is 397 Å². The van der Waals surface area contributed by atoms with Crippen molar-refractivity contribution in [3.05, 3.63) is 136 Å². The molecule has 6 aromatic carbocycles. The molecule has 0 atom stereocenters. The third kappa shape index (κ3) is 6.71. The van der Waals surface area contributed by atoms with Gasteiger partial charge in [-0.3, -0.25) is 0 Å². The second-order valence-corrected chi connectivity index (χ2v) is 26.5. The molecule has 10 rings (SSSR count). The van der Waals surface area contributed by atoms with Gasteiger partial charge in [0.05, 0.1) is 11.0 Å². The lowest BCUT2D eigenvalue weighted by Crippen LogP contribution is -2.56. The van der Waals surface area contributed by atoms with Gasteiger partial charge in [-0.05, 0) is 142 Å². The van der Waals surface area contributed by atoms with E-state index in [1.165, 1.54) is 122 Å². The van der Waals surface area contributed by atoms with E-state index in [0.717, 1.165) is 0 Å². The summed E-state index contributed by atoms with van der Waals surface area (Å²) < 4.78 is 5.51. The first-order valence-electron chi connectivity index (χ1n) is 24.7. The van der Waals surface area contributed by atoms with E-state index in [0.29, 0.717) is 0 Å². The van der Waals surface area contributed by atoms with Crippen LogP contribution in [0.15, 0.2) is 97.1 Å². The molecule has 4 heterocycles. The van der Waals surface area contributed by atoms with Crippen LogP contribution in [0.5, 0.6) is 0 Å². The molecule has 66 heavy (non-hydrogen) atoms. The number of rotatable bonds is 2. The van der Waals surface area contributed by atoms with Crippen molar-refractivity contribution in [1.82, 2.24) is 9.05 Å². The van der Waals surface area contributed by atoms with Crippen molar-refractivity contribution in [1.29, 1.82) is 0 Å². The quantitative estimate of drug-likeness (QED) is 0.153. The third-order valence-corrected chi connectivity index (χ3v) is 15.4. The smallest absolute Gasteiger partial charge is 0.333 e. The molecule has 0 saturated heterocycles. The summed E-state index contributed by atoms with van der Waals surface area (Å²) in [6.07, 6.45) is 0. The topological polar surface area (TPSA) is 9.86 Å². The summed E-state index contributed by atoms with van der Waals surface area (Å²) in [6.45, 7) is 44.8. The number of benzene rings is 6. The van der Waals surface area contributed by atoms with Gasteiger partial charge in [0.25, 0.3) is 0 Å². The Hall–Kier alpha value is -5.28. The van der Waals surface area contributed by atoms with Gasteiger partial charge in [-0.25, -0.2) is 0 Å². The summed E-state index contributed by atoms with van der Waals surface area (Å²) in [5, 5.41) is 4.04. The van der Waals surface area contributed by atoms with Gasteiger partial charge < -0.3 is 9.05 Å². The molecule has 0 aliphatic carbocycles. The Morgan fingerprint density at radius 1 is 0.394 bits per heavy atom. The van der Waals surface area contributed by atoms with Gasteiger partial charge in [0.1, 0.15) is 0 Å². The summed E-state index contributed by atoms with van der Waals surface area (Å²) in [6, 6.07) is 39.7. The molecule has 0 saturated carbocycles. The highest BCUT2D eigenvalue weighted by molar-refractivity contribution is 6.90. The standard InChI is InChI=1S/C63H73BN2/c1-36-28-39(59(5,6)7)24-26-44(36)53-49-33-41(61(11,12)13)31-48-46-30-43(63(17,18)19)35-52-54(46)64(66(56(48)49)55(53)37-20-22-38(23-21-37)58(2,3)4)50-34-42(62(14,15)16)32-47-45-29-40(60(8,9)10)25-27-51(45)65(52)57(47)50/h20-35H,1-19H3. The first kappa shape index (κ1) is 44.6. The lowest BCUT2D eigenvalue weighted by Gasteiger charge is -2.37. The summed E-state index contributed by atoms with van der Waals surface area (Å²) in [7, 11) is 0. The first-order chi connectivity index (χ1) is 30.4. The number of hydrogen-bond acceptors (Lipinski definition) is 0. The van der Waals surface area contributed by atoms with Crippen LogP contribution in [0.25, 0.3) is 71.9 Å². The van der Waals surface area contributed by atoms with Crippen molar-refractivity contribution in [2.75, 3.05) is 0 Å². The van der Waals surface area contributed by atoms with Gasteiger partial charge >= 0.3 is 6.85 Å². The largest absolute Gasteiger partial charge is 0.375 e. The zero-order chi connectivity index (χ0) is 47.7. The summed E-state index contributed by atoms with van der Waals surface area (Å²) in [4.78, 5) is 0. The zero-order valence-corrected chi connectivity index (χ0v) is 43.7. The Kier molecular flexibility index (Phi) is 9.38. The molecule has 2 aliphatic rings. The second kappa shape index (κ2) is 13.9. The van der Waals surface area contributed by atoms with Crippen molar-refractivity contribution in [2.24, 2.45) is 0 Å². The van der Waals surface area contributed by atoms with Crippen molar-refractivity contribution in [2.45, 2.75) is 164 Å². The van der Waals surface area contributed by atoms with Crippen LogP contribution in [-0.4, -0.2) is 15.9 Å². The highest BCUT2D eigenvalue weighted by Gasteiger charge is 2.45. The van der Waals surface area contributed by atoms with Crippen LogP contribution in [0.1, 0.15) is 164 Å². The van der Waals surface area contributed by atoms with E-state index in [2.05, 4.69) is 238 Å². The predicted molar refractivity (Wildman–Crippen MR) is 290 cm³/mol. The van der Waals surface area contributed by atoms with E-state index in [4.69, 9.17) is 0 Å². The molecule has 338 valence electrons. The van der Waals surface area contributed by atoms with Gasteiger partial charge in [0.15, 0.2) is 0 Å². The molecule has 0 unspecified atom stereocenters. The monoisotopic (exact) mass is 869 g/mol. The van der Waals surface area contributed by atoms with Crippen molar-refractivity contribution in [3.8, 4) is 39.2 Å². The molecule has 2 nitrogen and oxygen atoms in total. The average molecular weight is 869 g/mol. The van der Waals surface area contributed by atoms with Crippen molar-refractivity contribution >= 4 is 50.5 Å². The Bertz CT molecular complexity index is 3340. The summed E-state index contributed by atoms with van der Waals surface area (Å²) >= 11 is 0. The highest BCUT2D eigenvalue weighted by Crippen LogP contribution is 2.51. The number of fused-ring (bicyclic) bond motifs is 7. The van der Waals surface area contributed by atoms with Crippen LogP contribution in [0.4, 0.5) is 0 Å². The molecule has 0 fully saturated rings. The Morgan fingerprint density at radius 3 is 1.45 bits per heavy atom. The van der Waals surface area contributed by atoms with Gasteiger partial charge in [0.2, 0.25) is 0 Å². The van der Waals surface area contributed by atoms with Gasteiger partial charge in [-0.2, -0.15) is 0 Å². The number of nitrogens with zero attached hydrogens (tertiary/aromatic N) is 2. The third-order valence-electron chi connectivity index (χ3n) is 15.4. The Morgan fingerprint density at radius 2 is 0.879 bits per heavy atom. The van der Waals surface area contributed by atoms with Crippen LogP contribution >= 0.6 is 0 Å². The van der Waals surface area contributed by atoms with E-state index in [1.807, 2.05) is 0 Å². The minimum atomic E-state index is -0.0793. The second-order valence-electron chi connectivity index (χ2n) is 26.5. The molecule has 0 bridgehead atoms. The van der Waals surface area contributed by atoms with Gasteiger partial charge in [0, 0.05) is 44.2 Å². The average Bonchev–Trinajstić information content (AvgIpc) is 3.72. The SMILES string of the molecule is Cc1cc(C(C)(C)C)ccc1-c1c(-c2ccc(C(C)(C)C)cc2)n2c3c(cc(C(C)(C)C)cc13)-c1cc(C(C)(C)C)cc3c1B2c1cc(C(C)(C)C)cc2c4cc(C(C)(C)C)ccc4n-3c12. The molecule has 8 aromatic rings. The molecule has 3 heteroatoms. The molecular formula is C63H73BN2. The maximum absolute atomic E-state index is 2.83. The van der Waals surface area contributed by atoms with Crippen LogP contribution in [0.3, 0.4) is 0 Å². The molecule has 2 aromatic heterocycles. The highest BCUT2D eigenvalue weighted by atomic mass is 15.0. The van der Waals surface area contributed by atoms with E-state index in [-0.39, 0.29) is 39.3 Å². The van der Waals surface area contributed by atoms with E-state index >= 15 is 0 Å². The van der Waals surface area contributed by atoms with Crippen molar-refractivity contribution < 1.29 is 0 Å². The summed E-state index contributed by atoms with van der Waals surface area (Å²) in [5.74, 6) is 0. The molecule has 0 spiro atoms. The molecule has 0 amide bonds. The summed E-state index contributed by atoms with van der Waals surface area (Å²) in [5.41, 5.74) is 25.4. The molecular weight excluding hydrogens is 796 g/mol. The molecule has 0 N–H and O–H groups in total. The van der Waals surface area contributed by atoms with Crippen molar-refractivity contribution in [3.63, 3.8) is 0 Å². The van der Waals surface area contributed by atoms with E-state index in [9.17, 15) is 0 Å². The van der Waals surface area contributed by atoms with Gasteiger partial charge in [-0.15, -0.1) is 0 Å². The Balaban J connectivity index is 1.47. The first-order valence-corrected chi connectivity index (χ1v) is 24.7. The normalized spacial score (nSPS) is 14.3. The molecule has 2 aliphatic heterocycles. The lowest BCUT2D eigenvalue weighted by atomic mass is 9.45. The van der Waals surface area contributed by atoms with Gasteiger partial charge in [-0.1, -0.05) is 185 Å². The van der Waals surface area contributed by atoms with E-state index < -0.39 is 0 Å². The maximum Gasteiger partial charge on any atom is 0.333 e. The fourth-order valence-electron chi connectivity index (χ4n) is 11.2. The number of aryl methyl sites for hydroxylation is 1. The fraction of sp³-hybridized carbons (Fsp3) is 0.397. The molecule has 0 radical (unpaired) electrons. The van der Waals surface area contributed by atoms with E-state index in [1.54, 1.807) is 0 Å². The number of hydrogen-bond donors (Lipinski definition) is 0. The maximum atomic E-state index is 2.83. The zero-order valence-electron chi connectivity index (χ0n) is 43.7. The minimum absolute atomic E-state index is 0.0173. The lowest BCUT2D eigenvalue weighted by molar-refractivity contribution is 0.589. The van der Waals surface area contributed by atoms with Crippen LogP contribution in [0.2, 0.25) is 0 Å². The fourth-order valence-corrected chi connectivity index (χ4v) is 11.2. The van der Waals surface area contributed by atoms with Crippen LogP contribution in [0, 0.1) is 6.92 Å². The van der Waals surface area contributed by atoms with Crippen LogP contribution in [-0.2, 0) is 32.5 Å². The number of aromatic nitrogens is 2. The van der Waals surface area contributed by atoms with Crippen LogP contribution < -0.4 is 10.9 Å².